The van der Waals surface area contributed by atoms with Crippen molar-refractivity contribution in [1.29, 1.82) is 0 Å². The van der Waals surface area contributed by atoms with E-state index >= 15 is 0 Å². The van der Waals surface area contributed by atoms with E-state index in [0.717, 1.165) is 25.9 Å². The molecule has 0 aromatic carbocycles. The molecular formula is C10H15ClN6O. The van der Waals surface area contributed by atoms with Crippen molar-refractivity contribution < 1.29 is 4.79 Å². The van der Waals surface area contributed by atoms with Gasteiger partial charge in [0.25, 0.3) is 0 Å². The van der Waals surface area contributed by atoms with Crippen molar-refractivity contribution in [1.82, 2.24) is 15.0 Å². The Hall–Kier alpha value is -1.63. The summed E-state index contributed by atoms with van der Waals surface area (Å²) in [7, 11) is 0. The third kappa shape index (κ3) is 3.43. The maximum absolute atomic E-state index is 10.6. The Kier molecular flexibility index (Phi) is 4.14. The third-order valence-electron chi connectivity index (χ3n) is 2.64. The largest absolute Gasteiger partial charge is 0.370 e. The molecule has 0 bridgehead atoms. The summed E-state index contributed by atoms with van der Waals surface area (Å²) in [6.07, 6.45) is 2.49. The van der Waals surface area contributed by atoms with Crippen LogP contribution in [-0.2, 0) is 4.79 Å². The van der Waals surface area contributed by atoms with Gasteiger partial charge < -0.3 is 16.0 Å². The van der Waals surface area contributed by atoms with Crippen molar-refractivity contribution in [3.8, 4) is 0 Å². The molecule has 3 N–H and O–H groups in total. The number of primary amides is 1. The van der Waals surface area contributed by atoms with Gasteiger partial charge in [-0.3, -0.25) is 4.79 Å². The molecule has 7 nitrogen and oxygen atoms in total. The molecule has 98 valence electrons. The molecule has 1 aliphatic rings. The van der Waals surface area contributed by atoms with Gasteiger partial charge >= 0.3 is 0 Å². The number of amides is 1. The van der Waals surface area contributed by atoms with E-state index in [1.807, 2.05) is 0 Å². The Bertz CT molecular complexity index is 434. The van der Waals surface area contributed by atoms with Gasteiger partial charge in [0, 0.05) is 26.1 Å². The van der Waals surface area contributed by atoms with Crippen molar-refractivity contribution >= 4 is 29.4 Å². The van der Waals surface area contributed by atoms with Crippen LogP contribution in [0.3, 0.4) is 0 Å². The minimum absolute atomic E-state index is 0.147. The summed E-state index contributed by atoms with van der Waals surface area (Å²) < 4.78 is 0. The number of carbonyl (C=O) groups excluding carboxylic acids is 1. The van der Waals surface area contributed by atoms with Gasteiger partial charge in [-0.05, 0) is 24.4 Å². The van der Waals surface area contributed by atoms with Crippen molar-refractivity contribution in [2.45, 2.75) is 19.3 Å². The standard InChI is InChI=1S/C10H15ClN6O/c11-8-14-9(13-4-3-7(12)18)16-10(15-8)17-5-1-2-6-17/h1-6H2,(H2,12,18)(H,13,14,15,16). The molecule has 8 heteroatoms. The summed E-state index contributed by atoms with van der Waals surface area (Å²) in [5.41, 5.74) is 5.05. The first kappa shape index (κ1) is 12.8. The molecule has 2 heterocycles. The van der Waals surface area contributed by atoms with Crippen molar-refractivity contribution in [2.24, 2.45) is 5.73 Å². The van der Waals surface area contributed by atoms with Gasteiger partial charge in [0.15, 0.2) is 0 Å². The summed E-state index contributed by atoms with van der Waals surface area (Å²) in [5, 5.41) is 3.05. The van der Waals surface area contributed by atoms with Crippen molar-refractivity contribution in [3.05, 3.63) is 5.28 Å². The number of rotatable bonds is 5. The van der Waals surface area contributed by atoms with Gasteiger partial charge in [-0.1, -0.05) is 0 Å². The molecule has 2 rings (SSSR count). The average molecular weight is 271 g/mol. The smallest absolute Gasteiger partial charge is 0.231 e. The van der Waals surface area contributed by atoms with E-state index in [0.29, 0.717) is 18.4 Å². The molecule has 0 radical (unpaired) electrons. The summed E-state index contributed by atoms with van der Waals surface area (Å²) in [6.45, 7) is 2.25. The highest BCUT2D eigenvalue weighted by Gasteiger charge is 2.16. The van der Waals surface area contributed by atoms with E-state index in [1.54, 1.807) is 0 Å². The molecule has 1 saturated heterocycles. The first-order valence-electron chi connectivity index (χ1n) is 5.84. The molecule has 1 fully saturated rings. The number of nitrogens with zero attached hydrogens (tertiary/aromatic N) is 4. The second kappa shape index (κ2) is 5.81. The van der Waals surface area contributed by atoms with Gasteiger partial charge in [0.2, 0.25) is 23.1 Å². The van der Waals surface area contributed by atoms with Crippen LogP contribution in [0.15, 0.2) is 0 Å². The zero-order valence-corrected chi connectivity index (χ0v) is 10.7. The molecular weight excluding hydrogens is 256 g/mol. The molecule has 1 amide bonds. The lowest BCUT2D eigenvalue weighted by Gasteiger charge is -2.15. The second-order valence-corrected chi connectivity index (χ2v) is 4.40. The highest BCUT2D eigenvalue weighted by atomic mass is 35.5. The van der Waals surface area contributed by atoms with Gasteiger partial charge in [-0.2, -0.15) is 15.0 Å². The molecule has 1 aliphatic heterocycles. The fourth-order valence-electron chi connectivity index (χ4n) is 1.77. The van der Waals surface area contributed by atoms with Crippen LogP contribution in [0.2, 0.25) is 5.28 Å². The number of nitrogens with two attached hydrogens (primary N) is 1. The molecule has 0 atom stereocenters. The zero-order valence-electron chi connectivity index (χ0n) is 9.90. The molecule has 18 heavy (non-hydrogen) atoms. The lowest BCUT2D eigenvalue weighted by molar-refractivity contribution is -0.117. The maximum Gasteiger partial charge on any atom is 0.231 e. The fraction of sp³-hybridized carbons (Fsp3) is 0.600. The van der Waals surface area contributed by atoms with Gasteiger partial charge in [-0.15, -0.1) is 0 Å². The quantitative estimate of drug-likeness (QED) is 0.804. The molecule has 0 spiro atoms. The summed E-state index contributed by atoms with van der Waals surface area (Å²) >= 11 is 5.85. The average Bonchev–Trinajstić information content (AvgIpc) is 2.81. The SMILES string of the molecule is NC(=O)CCNc1nc(Cl)nc(N2CCCC2)n1. The predicted molar refractivity (Wildman–Crippen MR) is 68.6 cm³/mol. The fourth-order valence-corrected chi connectivity index (χ4v) is 1.93. The number of halogens is 1. The highest BCUT2D eigenvalue weighted by molar-refractivity contribution is 6.28. The first-order valence-corrected chi connectivity index (χ1v) is 6.21. The molecule has 1 aromatic rings. The second-order valence-electron chi connectivity index (χ2n) is 4.07. The highest BCUT2D eigenvalue weighted by Crippen LogP contribution is 2.18. The van der Waals surface area contributed by atoms with E-state index in [4.69, 9.17) is 17.3 Å². The Morgan fingerprint density at radius 2 is 2.06 bits per heavy atom. The van der Waals surface area contributed by atoms with Gasteiger partial charge in [0.1, 0.15) is 0 Å². The number of carbonyl (C=O) groups is 1. The number of hydrogen-bond acceptors (Lipinski definition) is 6. The Labute approximate surface area is 110 Å². The van der Waals surface area contributed by atoms with E-state index in [-0.39, 0.29) is 17.6 Å². The molecule has 0 aliphatic carbocycles. The first-order chi connectivity index (χ1) is 8.65. The molecule has 0 unspecified atom stereocenters. The number of anilines is 2. The third-order valence-corrected chi connectivity index (χ3v) is 2.81. The lowest BCUT2D eigenvalue weighted by Crippen LogP contribution is -2.22. The summed E-state index contributed by atoms with van der Waals surface area (Å²) in [5.74, 6) is 0.578. The van der Waals surface area contributed by atoms with E-state index in [9.17, 15) is 4.79 Å². The Balaban J connectivity index is 2.03. The number of aromatic nitrogens is 3. The van der Waals surface area contributed by atoms with Crippen LogP contribution in [0.25, 0.3) is 0 Å². The maximum atomic E-state index is 10.6. The normalized spacial score (nSPS) is 14.8. The van der Waals surface area contributed by atoms with E-state index in [2.05, 4.69) is 25.2 Å². The summed E-state index contributed by atoms with van der Waals surface area (Å²) in [4.78, 5) is 25.0. The molecule has 0 saturated carbocycles. The van der Waals surface area contributed by atoms with Crippen molar-refractivity contribution in [3.63, 3.8) is 0 Å². The monoisotopic (exact) mass is 270 g/mol. The minimum atomic E-state index is -0.373. The number of nitrogens with one attached hydrogen (secondary N) is 1. The van der Waals surface area contributed by atoms with Crippen LogP contribution >= 0.6 is 11.6 Å². The Morgan fingerprint density at radius 3 is 2.72 bits per heavy atom. The minimum Gasteiger partial charge on any atom is -0.370 e. The van der Waals surface area contributed by atoms with Crippen LogP contribution in [0, 0.1) is 0 Å². The van der Waals surface area contributed by atoms with Crippen LogP contribution in [-0.4, -0.2) is 40.5 Å². The number of hydrogen-bond donors (Lipinski definition) is 2. The van der Waals surface area contributed by atoms with E-state index < -0.39 is 0 Å². The van der Waals surface area contributed by atoms with E-state index in [1.165, 1.54) is 0 Å². The zero-order chi connectivity index (χ0) is 13.0. The van der Waals surface area contributed by atoms with Crippen LogP contribution in [0.5, 0.6) is 0 Å². The van der Waals surface area contributed by atoms with Crippen LogP contribution in [0.4, 0.5) is 11.9 Å². The lowest BCUT2D eigenvalue weighted by atomic mass is 10.4. The van der Waals surface area contributed by atoms with Crippen LogP contribution < -0.4 is 16.0 Å². The van der Waals surface area contributed by atoms with Crippen molar-refractivity contribution in [2.75, 3.05) is 29.9 Å². The molecule has 1 aromatic heterocycles. The van der Waals surface area contributed by atoms with Gasteiger partial charge in [-0.25, -0.2) is 0 Å². The topological polar surface area (TPSA) is 97.0 Å². The predicted octanol–water partition coefficient (Wildman–Crippen LogP) is 0.412. The van der Waals surface area contributed by atoms with Crippen LogP contribution in [0.1, 0.15) is 19.3 Å². The van der Waals surface area contributed by atoms with Gasteiger partial charge in [0.05, 0.1) is 0 Å². The summed E-state index contributed by atoms with van der Waals surface area (Å²) in [6, 6.07) is 0. The Morgan fingerprint density at radius 1 is 1.33 bits per heavy atom.